The van der Waals surface area contributed by atoms with E-state index >= 15 is 0 Å². The predicted octanol–water partition coefficient (Wildman–Crippen LogP) is 3.56. The zero-order chi connectivity index (χ0) is 19.6. The van der Waals surface area contributed by atoms with Crippen molar-refractivity contribution >= 4 is 34.7 Å². The lowest BCUT2D eigenvalue weighted by molar-refractivity contribution is 0.0620. The SMILES string of the molecule is O=C(N[C@H]1CN2CCC1CC2)c1ccc(Sc2cc(N3CCOCC3)cs2)cc1. The second-order valence-electron chi connectivity index (χ2n) is 8.07. The van der Waals surface area contributed by atoms with Gasteiger partial charge in [-0.25, -0.2) is 0 Å². The van der Waals surface area contributed by atoms with E-state index in [9.17, 15) is 4.79 Å². The van der Waals surface area contributed by atoms with Crippen molar-refractivity contribution in [3.63, 3.8) is 0 Å². The molecule has 2 aromatic rings. The van der Waals surface area contributed by atoms with Gasteiger partial charge in [0.15, 0.2) is 0 Å². The first kappa shape index (κ1) is 19.4. The lowest BCUT2D eigenvalue weighted by atomic mass is 9.84. The Morgan fingerprint density at radius 2 is 1.86 bits per heavy atom. The average molecular weight is 430 g/mol. The first-order valence-electron chi connectivity index (χ1n) is 10.5. The van der Waals surface area contributed by atoms with Crippen molar-refractivity contribution in [2.24, 2.45) is 5.92 Å². The number of amides is 1. The van der Waals surface area contributed by atoms with Crippen molar-refractivity contribution in [2.45, 2.75) is 28.0 Å². The van der Waals surface area contributed by atoms with Crippen LogP contribution < -0.4 is 10.2 Å². The second kappa shape index (κ2) is 8.68. The number of hydrogen-bond acceptors (Lipinski definition) is 6. The van der Waals surface area contributed by atoms with E-state index in [2.05, 4.69) is 38.7 Å². The van der Waals surface area contributed by atoms with Gasteiger partial charge in [-0.3, -0.25) is 4.79 Å². The van der Waals surface area contributed by atoms with Crippen molar-refractivity contribution < 1.29 is 9.53 Å². The summed E-state index contributed by atoms with van der Waals surface area (Å²) >= 11 is 3.54. The number of nitrogens with zero attached hydrogens (tertiary/aromatic N) is 2. The highest BCUT2D eigenvalue weighted by atomic mass is 32.2. The van der Waals surface area contributed by atoms with Crippen LogP contribution in [0.25, 0.3) is 0 Å². The minimum absolute atomic E-state index is 0.0611. The largest absolute Gasteiger partial charge is 0.378 e. The van der Waals surface area contributed by atoms with Crippen LogP contribution in [0.1, 0.15) is 23.2 Å². The van der Waals surface area contributed by atoms with Crippen molar-refractivity contribution in [3.05, 3.63) is 41.3 Å². The van der Waals surface area contributed by atoms with Crippen molar-refractivity contribution in [1.82, 2.24) is 10.2 Å². The normalized spacial score (nSPS) is 26.5. The molecule has 1 N–H and O–H groups in total. The van der Waals surface area contributed by atoms with E-state index in [1.54, 1.807) is 23.1 Å². The smallest absolute Gasteiger partial charge is 0.251 e. The van der Waals surface area contributed by atoms with Crippen molar-refractivity contribution in [2.75, 3.05) is 50.8 Å². The fourth-order valence-corrected chi connectivity index (χ4v) is 6.47. The van der Waals surface area contributed by atoms with Gasteiger partial charge in [0.25, 0.3) is 5.91 Å². The van der Waals surface area contributed by atoms with Crippen LogP contribution in [0, 0.1) is 5.92 Å². The maximum atomic E-state index is 12.7. The van der Waals surface area contributed by atoms with Gasteiger partial charge in [-0.05, 0) is 62.2 Å². The molecule has 4 fully saturated rings. The highest BCUT2D eigenvalue weighted by molar-refractivity contribution is 8.01. The molecule has 4 aliphatic rings. The molecule has 1 aromatic heterocycles. The number of hydrogen-bond donors (Lipinski definition) is 1. The molecule has 0 spiro atoms. The van der Waals surface area contributed by atoms with Crippen LogP contribution >= 0.6 is 23.1 Å². The maximum Gasteiger partial charge on any atom is 0.251 e. The molecule has 1 aromatic carbocycles. The molecule has 29 heavy (non-hydrogen) atoms. The van der Waals surface area contributed by atoms with Crippen LogP contribution in [-0.4, -0.2) is 62.8 Å². The zero-order valence-corrected chi connectivity index (χ0v) is 18.1. The molecular weight excluding hydrogens is 402 g/mol. The third kappa shape index (κ3) is 4.48. The second-order valence-corrected chi connectivity index (χ2v) is 10.4. The first-order chi connectivity index (χ1) is 14.2. The molecule has 154 valence electrons. The predicted molar refractivity (Wildman–Crippen MR) is 118 cm³/mol. The van der Waals surface area contributed by atoms with Crippen LogP contribution in [0.5, 0.6) is 0 Å². The van der Waals surface area contributed by atoms with E-state index in [0.29, 0.717) is 12.0 Å². The molecular formula is C22H27N3O2S2. The first-order valence-corrected chi connectivity index (χ1v) is 12.2. The molecule has 0 radical (unpaired) electrons. The van der Waals surface area contributed by atoms with E-state index in [1.807, 2.05) is 12.1 Å². The number of ether oxygens (including phenoxy) is 1. The number of thiophene rings is 1. The molecule has 1 amide bonds. The van der Waals surface area contributed by atoms with E-state index in [0.717, 1.165) is 38.4 Å². The van der Waals surface area contributed by atoms with Gasteiger partial charge >= 0.3 is 0 Å². The summed E-state index contributed by atoms with van der Waals surface area (Å²) < 4.78 is 6.71. The van der Waals surface area contributed by atoms with Gasteiger partial charge in [-0.2, -0.15) is 0 Å². The molecule has 6 rings (SSSR count). The minimum Gasteiger partial charge on any atom is -0.378 e. The Hall–Kier alpha value is -1.54. The Bertz CT molecular complexity index is 840. The van der Waals surface area contributed by atoms with Crippen molar-refractivity contribution in [3.8, 4) is 0 Å². The monoisotopic (exact) mass is 429 g/mol. The Balaban J connectivity index is 1.18. The number of carbonyl (C=O) groups excluding carboxylic acids is 1. The van der Waals surface area contributed by atoms with Gasteiger partial charge in [0, 0.05) is 47.2 Å². The fourth-order valence-electron chi connectivity index (χ4n) is 4.52. The third-order valence-electron chi connectivity index (χ3n) is 6.25. The van der Waals surface area contributed by atoms with Gasteiger partial charge in [0.05, 0.1) is 17.4 Å². The zero-order valence-electron chi connectivity index (χ0n) is 16.5. The quantitative estimate of drug-likeness (QED) is 0.787. The summed E-state index contributed by atoms with van der Waals surface area (Å²) in [5, 5.41) is 5.50. The molecule has 0 unspecified atom stereocenters. The van der Waals surface area contributed by atoms with Gasteiger partial charge in [0.1, 0.15) is 0 Å². The Labute approximate surface area is 180 Å². The molecule has 7 heteroatoms. The number of benzene rings is 1. The van der Waals surface area contributed by atoms with E-state index < -0.39 is 0 Å². The number of morpholine rings is 1. The molecule has 5 heterocycles. The number of carbonyl (C=O) groups is 1. The lowest BCUT2D eigenvalue weighted by Crippen LogP contribution is -2.57. The minimum atomic E-state index is 0.0611. The fraction of sp³-hybridized carbons (Fsp3) is 0.500. The van der Waals surface area contributed by atoms with Crippen LogP contribution in [0.15, 0.2) is 44.8 Å². The molecule has 5 nitrogen and oxygen atoms in total. The topological polar surface area (TPSA) is 44.8 Å². The van der Waals surface area contributed by atoms with Crippen LogP contribution in [0.3, 0.4) is 0 Å². The summed E-state index contributed by atoms with van der Waals surface area (Å²) in [6, 6.07) is 10.6. The molecule has 4 aliphatic heterocycles. The van der Waals surface area contributed by atoms with E-state index in [1.165, 1.54) is 40.7 Å². The molecule has 4 saturated heterocycles. The van der Waals surface area contributed by atoms with Crippen molar-refractivity contribution in [1.29, 1.82) is 0 Å². The molecule has 2 bridgehead atoms. The van der Waals surface area contributed by atoms with Crippen LogP contribution in [-0.2, 0) is 4.74 Å². The average Bonchev–Trinajstić information content (AvgIpc) is 3.24. The maximum absolute atomic E-state index is 12.7. The number of anilines is 1. The highest BCUT2D eigenvalue weighted by Gasteiger charge is 2.34. The summed E-state index contributed by atoms with van der Waals surface area (Å²) in [5.41, 5.74) is 2.04. The summed E-state index contributed by atoms with van der Waals surface area (Å²) in [4.78, 5) is 18.7. The van der Waals surface area contributed by atoms with Gasteiger partial charge in [0.2, 0.25) is 0 Å². The number of fused-ring (bicyclic) bond motifs is 3. The number of nitrogens with one attached hydrogen (secondary N) is 1. The molecule has 1 atom stereocenters. The lowest BCUT2D eigenvalue weighted by Gasteiger charge is -2.44. The Morgan fingerprint density at radius 3 is 2.55 bits per heavy atom. The number of piperidine rings is 3. The Morgan fingerprint density at radius 1 is 1.10 bits per heavy atom. The summed E-state index contributed by atoms with van der Waals surface area (Å²) in [5.74, 6) is 0.712. The number of rotatable bonds is 5. The molecule has 0 saturated carbocycles. The molecule has 0 aliphatic carbocycles. The van der Waals surface area contributed by atoms with E-state index in [-0.39, 0.29) is 5.91 Å². The Kier molecular flexibility index (Phi) is 5.81. The highest BCUT2D eigenvalue weighted by Crippen LogP contribution is 2.36. The van der Waals surface area contributed by atoms with Gasteiger partial charge in [-0.15, -0.1) is 11.3 Å². The van der Waals surface area contributed by atoms with Gasteiger partial charge < -0.3 is 19.9 Å². The standard InChI is InChI=1S/C22H27N3O2S2/c26-22(23-20-14-24-7-5-16(20)6-8-24)17-1-3-19(4-2-17)29-21-13-18(15-28-21)25-9-11-27-12-10-25/h1-4,13,15-16,20H,5-12,14H2,(H,23,26)/t20-/m0/s1. The third-order valence-corrected chi connectivity index (χ3v) is 8.32. The summed E-state index contributed by atoms with van der Waals surface area (Å²) in [7, 11) is 0. The van der Waals surface area contributed by atoms with E-state index in [4.69, 9.17) is 4.74 Å². The van der Waals surface area contributed by atoms with Gasteiger partial charge in [-0.1, -0.05) is 11.8 Å². The van der Waals surface area contributed by atoms with Crippen LogP contribution in [0.2, 0.25) is 0 Å². The summed E-state index contributed by atoms with van der Waals surface area (Å²) in [6.45, 7) is 6.93. The van der Waals surface area contributed by atoms with Crippen LogP contribution in [0.4, 0.5) is 5.69 Å². The summed E-state index contributed by atoms with van der Waals surface area (Å²) in [6.07, 6.45) is 2.43.